The molecule has 0 radical (unpaired) electrons. The van der Waals surface area contributed by atoms with Gasteiger partial charge in [-0.05, 0) is 25.2 Å². The van der Waals surface area contributed by atoms with Crippen LogP contribution in [0.3, 0.4) is 0 Å². The Hall–Kier alpha value is -2.93. The number of hydrogen-bond acceptors (Lipinski definition) is 3. The maximum atomic E-state index is 13.9. The Morgan fingerprint density at radius 2 is 2.11 bits per heavy atom. The van der Waals surface area contributed by atoms with E-state index in [1.165, 1.54) is 6.07 Å². The van der Waals surface area contributed by atoms with Gasteiger partial charge in [-0.15, -0.1) is 0 Å². The molecule has 1 amide bonds. The highest BCUT2D eigenvalue weighted by Gasteiger charge is 2.27. The minimum Gasteiger partial charge on any atom is -0.364 e. The van der Waals surface area contributed by atoms with Crippen molar-refractivity contribution in [2.75, 3.05) is 18.4 Å². The van der Waals surface area contributed by atoms with E-state index in [2.05, 4.69) is 38.6 Å². The average molecular weight is 381 g/mol. The molecule has 0 atom stereocenters. The SMILES string of the molecule is CCN(CC)Cc1cnc2n1CCc1[nH]cc(C(=O)Nc3ccccc3F)c1-2. The Kier molecular flexibility index (Phi) is 5.00. The van der Waals surface area contributed by atoms with Gasteiger partial charge in [0, 0.05) is 31.4 Å². The van der Waals surface area contributed by atoms with Crippen molar-refractivity contribution in [1.29, 1.82) is 0 Å². The molecule has 4 rings (SSSR count). The quantitative estimate of drug-likeness (QED) is 0.685. The van der Waals surface area contributed by atoms with Crippen molar-refractivity contribution < 1.29 is 9.18 Å². The van der Waals surface area contributed by atoms with Gasteiger partial charge in [0.2, 0.25) is 0 Å². The molecule has 0 aliphatic carbocycles. The maximum Gasteiger partial charge on any atom is 0.258 e. The molecule has 1 aliphatic heterocycles. The van der Waals surface area contributed by atoms with Crippen LogP contribution < -0.4 is 5.32 Å². The van der Waals surface area contributed by atoms with Gasteiger partial charge in [0.05, 0.1) is 28.7 Å². The monoisotopic (exact) mass is 381 g/mol. The number of H-pyrrole nitrogens is 1. The number of para-hydroxylation sites is 1. The predicted molar refractivity (Wildman–Crippen MR) is 107 cm³/mol. The molecule has 0 unspecified atom stereocenters. The first-order chi connectivity index (χ1) is 13.6. The number of rotatable bonds is 6. The third kappa shape index (κ3) is 3.22. The van der Waals surface area contributed by atoms with E-state index in [9.17, 15) is 9.18 Å². The second-order valence-electron chi connectivity index (χ2n) is 6.93. The Morgan fingerprint density at radius 1 is 1.32 bits per heavy atom. The summed E-state index contributed by atoms with van der Waals surface area (Å²) in [6, 6.07) is 6.17. The van der Waals surface area contributed by atoms with E-state index in [1.54, 1.807) is 24.4 Å². The van der Waals surface area contributed by atoms with Gasteiger partial charge in [0.15, 0.2) is 0 Å². The molecule has 0 bridgehead atoms. The van der Waals surface area contributed by atoms with Gasteiger partial charge in [0.1, 0.15) is 11.6 Å². The van der Waals surface area contributed by atoms with E-state index in [0.29, 0.717) is 5.56 Å². The van der Waals surface area contributed by atoms with Crippen molar-refractivity contribution in [2.24, 2.45) is 0 Å². The zero-order valence-corrected chi connectivity index (χ0v) is 16.1. The van der Waals surface area contributed by atoms with Crippen LogP contribution in [0.15, 0.2) is 36.7 Å². The van der Waals surface area contributed by atoms with E-state index in [4.69, 9.17) is 0 Å². The molecule has 28 heavy (non-hydrogen) atoms. The summed E-state index contributed by atoms with van der Waals surface area (Å²) in [4.78, 5) is 23.0. The average Bonchev–Trinajstić information content (AvgIpc) is 3.31. The van der Waals surface area contributed by atoms with Gasteiger partial charge in [-0.3, -0.25) is 9.69 Å². The number of carbonyl (C=O) groups excluding carboxylic acids is 1. The summed E-state index contributed by atoms with van der Waals surface area (Å²) in [5, 5.41) is 2.67. The molecule has 0 saturated heterocycles. The van der Waals surface area contributed by atoms with E-state index >= 15 is 0 Å². The number of aryl methyl sites for hydroxylation is 1. The highest BCUT2D eigenvalue weighted by molar-refractivity contribution is 6.08. The first-order valence-electron chi connectivity index (χ1n) is 9.65. The lowest BCUT2D eigenvalue weighted by molar-refractivity contribution is 0.102. The van der Waals surface area contributed by atoms with Crippen molar-refractivity contribution in [3.63, 3.8) is 0 Å². The standard InChI is InChI=1S/C21H24FN5O/c1-3-26(4-2)13-14-11-24-20-19-15(12-23-18(19)9-10-27(14)20)21(28)25-17-8-6-5-7-16(17)22/h5-8,11-12,23H,3-4,9-10,13H2,1-2H3,(H,25,28). The molecule has 0 spiro atoms. The number of benzene rings is 1. The fraction of sp³-hybridized carbons (Fsp3) is 0.333. The number of aromatic amines is 1. The minimum atomic E-state index is -0.455. The molecular formula is C21H24FN5O. The van der Waals surface area contributed by atoms with E-state index in [1.807, 2.05) is 6.20 Å². The topological polar surface area (TPSA) is 66.0 Å². The van der Waals surface area contributed by atoms with Crippen LogP contribution in [-0.4, -0.2) is 38.4 Å². The fourth-order valence-electron chi connectivity index (χ4n) is 3.74. The Bertz CT molecular complexity index is 1000. The lowest BCUT2D eigenvalue weighted by Crippen LogP contribution is -2.25. The molecule has 3 heterocycles. The van der Waals surface area contributed by atoms with Crippen LogP contribution in [0.2, 0.25) is 0 Å². The summed E-state index contributed by atoms with van der Waals surface area (Å²) < 4.78 is 16.1. The van der Waals surface area contributed by atoms with Crippen LogP contribution in [0.5, 0.6) is 0 Å². The summed E-state index contributed by atoms with van der Waals surface area (Å²) in [6.07, 6.45) is 4.39. The summed E-state index contributed by atoms with van der Waals surface area (Å²) in [5.41, 5.74) is 3.60. The van der Waals surface area contributed by atoms with Crippen molar-refractivity contribution in [2.45, 2.75) is 33.4 Å². The largest absolute Gasteiger partial charge is 0.364 e. The van der Waals surface area contributed by atoms with Crippen LogP contribution >= 0.6 is 0 Å². The predicted octanol–water partition coefficient (Wildman–Crippen LogP) is 3.67. The van der Waals surface area contributed by atoms with Crippen molar-refractivity contribution in [3.8, 4) is 11.4 Å². The molecule has 146 valence electrons. The number of imidazole rings is 1. The van der Waals surface area contributed by atoms with Gasteiger partial charge in [0.25, 0.3) is 5.91 Å². The zero-order valence-electron chi connectivity index (χ0n) is 16.1. The number of amides is 1. The number of aromatic nitrogens is 3. The van der Waals surface area contributed by atoms with Crippen LogP contribution in [-0.2, 0) is 19.5 Å². The molecule has 6 nitrogen and oxygen atoms in total. The van der Waals surface area contributed by atoms with E-state index < -0.39 is 5.82 Å². The molecule has 0 saturated carbocycles. The number of carbonyl (C=O) groups is 1. The lowest BCUT2D eigenvalue weighted by atomic mass is 10.0. The first-order valence-corrected chi connectivity index (χ1v) is 9.65. The van der Waals surface area contributed by atoms with Crippen LogP contribution in [0.4, 0.5) is 10.1 Å². The molecule has 1 aromatic carbocycles. The minimum absolute atomic E-state index is 0.170. The van der Waals surface area contributed by atoms with Gasteiger partial charge in [-0.1, -0.05) is 26.0 Å². The van der Waals surface area contributed by atoms with E-state index in [-0.39, 0.29) is 11.6 Å². The van der Waals surface area contributed by atoms with Crippen molar-refractivity contribution in [1.82, 2.24) is 19.4 Å². The Labute approximate surface area is 163 Å². The number of halogens is 1. The highest BCUT2D eigenvalue weighted by atomic mass is 19.1. The molecule has 0 fully saturated rings. The van der Waals surface area contributed by atoms with E-state index in [0.717, 1.165) is 55.4 Å². The fourth-order valence-corrected chi connectivity index (χ4v) is 3.74. The molecule has 7 heteroatoms. The zero-order chi connectivity index (χ0) is 19.7. The third-order valence-electron chi connectivity index (χ3n) is 5.36. The lowest BCUT2D eigenvalue weighted by Gasteiger charge is -2.22. The van der Waals surface area contributed by atoms with Gasteiger partial charge in [-0.25, -0.2) is 9.37 Å². The number of hydrogen-bond donors (Lipinski definition) is 2. The molecule has 3 aromatic rings. The second-order valence-corrected chi connectivity index (χ2v) is 6.93. The summed E-state index contributed by atoms with van der Waals surface area (Å²) >= 11 is 0. The van der Waals surface area contributed by atoms with Crippen molar-refractivity contribution >= 4 is 11.6 Å². The summed E-state index contributed by atoms with van der Waals surface area (Å²) in [6.45, 7) is 7.90. The van der Waals surface area contributed by atoms with Crippen molar-refractivity contribution in [3.05, 3.63) is 59.4 Å². The number of nitrogens with zero attached hydrogens (tertiary/aromatic N) is 3. The first kappa shape index (κ1) is 18.4. The number of anilines is 1. The number of nitrogens with one attached hydrogen (secondary N) is 2. The molecule has 2 N–H and O–H groups in total. The van der Waals surface area contributed by atoms with Crippen LogP contribution in [0.25, 0.3) is 11.4 Å². The molecule has 2 aromatic heterocycles. The van der Waals surface area contributed by atoms with Gasteiger partial charge < -0.3 is 14.9 Å². The summed E-state index contributed by atoms with van der Waals surface area (Å²) in [7, 11) is 0. The molecular weight excluding hydrogens is 357 g/mol. The van der Waals surface area contributed by atoms with Gasteiger partial charge in [-0.2, -0.15) is 0 Å². The maximum absolute atomic E-state index is 13.9. The second kappa shape index (κ2) is 7.59. The van der Waals surface area contributed by atoms with Crippen LogP contribution in [0, 0.1) is 5.82 Å². The smallest absolute Gasteiger partial charge is 0.258 e. The Morgan fingerprint density at radius 3 is 2.86 bits per heavy atom. The summed E-state index contributed by atoms with van der Waals surface area (Å²) in [5.74, 6) is -0.00375. The van der Waals surface area contributed by atoms with Crippen LogP contribution in [0.1, 0.15) is 35.6 Å². The van der Waals surface area contributed by atoms with Gasteiger partial charge >= 0.3 is 0 Å². The third-order valence-corrected chi connectivity index (χ3v) is 5.36. The Balaban J connectivity index is 1.66. The highest BCUT2D eigenvalue weighted by Crippen LogP contribution is 2.33. The molecule has 1 aliphatic rings. The number of fused-ring (bicyclic) bond motifs is 3. The normalized spacial score (nSPS) is 12.7.